The third kappa shape index (κ3) is 3.80. The maximum absolute atomic E-state index is 13.4. The molecule has 1 aliphatic carbocycles. The third-order valence-electron chi connectivity index (χ3n) is 5.56. The molecule has 2 fully saturated rings. The number of hydrazine groups is 1. The van der Waals surface area contributed by atoms with Crippen molar-refractivity contribution in [3.05, 3.63) is 52.6 Å². The predicted molar refractivity (Wildman–Crippen MR) is 103 cm³/mol. The van der Waals surface area contributed by atoms with Crippen molar-refractivity contribution in [1.82, 2.24) is 20.0 Å². The van der Waals surface area contributed by atoms with Gasteiger partial charge in [0.05, 0.1) is 18.1 Å². The molecule has 0 radical (unpaired) electrons. The highest BCUT2D eigenvalue weighted by atomic mass is 35.5. The Labute approximate surface area is 180 Å². The lowest BCUT2D eigenvalue weighted by atomic mass is 9.94. The molecule has 0 bridgehead atoms. The number of halogens is 4. The standard InChI is InChI=1S/C20H18ClF3N4O3/c1-31-13-5-3-12(4-6-13)19(7-8-19)17(30)28-10-2-9-27(28)16(29)14-11-25-18(21)26-15(14)20(22,23)24/h3-6,11H,2,7-10H2,1H3. The van der Waals surface area contributed by atoms with Crippen LogP contribution in [0.5, 0.6) is 5.75 Å². The quantitative estimate of drug-likeness (QED) is 0.661. The van der Waals surface area contributed by atoms with Crippen LogP contribution in [0.2, 0.25) is 5.28 Å². The summed E-state index contributed by atoms with van der Waals surface area (Å²) in [4.78, 5) is 33.1. The fourth-order valence-electron chi connectivity index (χ4n) is 3.81. The summed E-state index contributed by atoms with van der Waals surface area (Å²) >= 11 is 5.50. The van der Waals surface area contributed by atoms with E-state index in [1.165, 1.54) is 12.1 Å². The van der Waals surface area contributed by atoms with Gasteiger partial charge >= 0.3 is 6.18 Å². The van der Waals surface area contributed by atoms with Crippen LogP contribution in [0.15, 0.2) is 30.5 Å². The summed E-state index contributed by atoms with van der Waals surface area (Å²) in [7, 11) is 1.54. The van der Waals surface area contributed by atoms with Gasteiger partial charge in [0.25, 0.3) is 11.8 Å². The Morgan fingerprint density at radius 1 is 1.13 bits per heavy atom. The van der Waals surface area contributed by atoms with Gasteiger partial charge in [0, 0.05) is 19.3 Å². The van der Waals surface area contributed by atoms with Crippen LogP contribution in [0.1, 0.15) is 40.9 Å². The topological polar surface area (TPSA) is 75.6 Å². The largest absolute Gasteiger partial charge is 0.497 e. The zero-order chi connectivity index (χ0) is 22.4. The van der Waals surface area contributed by atoms with Gasteiger partial charge < -0.3 is 4.74 Å². The van der Waals surface area contributed by atoms with Crippen LogP contribution in [-0.2, 0) is 16.4 Å². The van der Waals surface area contributed by atoms with Crippen LogP contribution in [0, 0.1) is 0 Å². The van der Waals surface area contributed by atoms with Crippen molar-refractivity contribution in [3.63, 3.8) is 0 Å². The van der Waals surface area contributed by atoms with Crippen molar-refractivity contribution in [2.45, 2.75) is 30.9 Å². The molecule has 0 spiro atoms. The lowest BCUT2D eigenvalue weighted by Crippen LogP contribution is -2.49. The molecule has 1 aliphatic heterocycles. The number of rotatable bonds is 4. The van der Waals surface area contributed by atoms with Gasteiger partial charge in [-0.15, -0.1) is 0 Å². The predicted octanol–water partition coefficient (Wildman–Crippen LogP) is 3.48. The lowest BCUT2D eigenvalue weighted by Gasteiger charge is -2.31. The molecule has 2 heterocycles. The lowest BCUT2D eigenvalue weighted by molar-refractivity contribution is -0.144. The normalized spacial score (nSPS) is 17.6. The van der Waals surface area contributed by atoms with Gasteiger partial charge in [-0.3, -0.25) is 14.6 Å². The molecule has 1 aromatic carbocycles. The fraction of sp³-hybridized carbons (Fsp3) is 0.400. The molecule has 31 heavy (non-hydrogen) atoms. The molecule has 1 saturated carbocycles. The summed E-state index contributed by atoms with van der Waals surface area (Å²) in [6.45, 7) is 0.349. The summed E-state index contributed by atoms with van der Waals surface area (Å²) in [6.07, 6.45) is -2.51. The van der Waals surface area contributed by atoms with E-state index in [2.05, 4.69) is 9.97 Å². The number of aromatic nitrogens is 2. The Morgan fingerprint density at radius 2 is 1.77 bits per heavy atom. The first-order chi connectivity index (χ1) is 14.7. The van der Waals surface area contributed by atoms with Crippen LogP contribution < -0.4 is 4.74 Å². The van der Waals surface area contributed by atoms with E-state index in [0.29, 0.717) is 25.0 Å². The molecule has 4 rings (SSSR count). The first-order valence-electron chi connectivity index (χ1n) is 9.55. The third-order valence-corrected chi connectivity index (χ3v) is 5.74. The molecule has 0 N–H and O–H groups in total. The number of hydrogen-bond donors (Lipinski definition) is 0. The van der Waals surface area contributed by atoms with Crippen LogP contribution in [0.3, 0.4) is 0 Å². The number of ether oxygens (including phenoxy) is 1. The second-order valence-corrected chi connectivity index (χ2v) is 7.76. The van der Waals surface area contributed by atoms with E-state index in [4.69, 9.17) is 16.3 Å². The summed E-state index contributed by atoms with van der Waals surface area (Å²) in [5.41, 5.74) is -2.18. The first-order valence-corrected chi connectivity index (χ1v) is 9.93. The van der Waals surface area contributed by atoms with E-state index in [0.717, 1.165) is 16.8 Å². The van der Waals surface area contributed by atoms with Crippen LogP contribution in [0.4, 0.5) is 13.2 Å². The SMILES string of the molecule is COc1ccc(C2(C(=O)N3CCCN3C(=O)c3cnc(Cl)nc3C(F)(F)F)CC2)cc1. The van der Waals surface area contributed by atoms with Crippen molar-refractivity contribution in [2.75, 3.05) is 20.2 Å². The maximum Gasteiger partial charge on any atom is 0.434 e. The Hall–Kier alpha value is -2.88. The number of carbonyl (C=O) groups is 2. The highest BCUT2D eigenvalue weighted by Crippen LogP contribution is 2.50. The maximum atomic E-state index is 13.4. The zero-order valence-electron chi connectivity index (χ0n) is 16.4. The molecule has 7 nitrogen and oxygen atoms in total. The minimum absolute atomic E-state index is 0.114. The first kappa shape index (κ1) is 21.4. The molecular formula is C20H18ClF3N4O3. The van der Waals surface area contributed by atoms with Crippen LogP contribution >= 0.6 is 11.6 Å². The molecule has 2 amide bonds. The van der Waals surface area contributed by atoms with Crippen molar-refractivity contribution < 1.29 is 27.5 Å². The van der Waals surface area contributed by atoms with Gasteiger partial charge in [-0.1, -0.05) is 12.1 Å². The molecule has 0 unspecified atom stereocenters. The number of nitrogens with zero attached hydrogens (tertiary/aromatic N) is 4. The van der Waals surface area contributed by atoms with E-state index in [1.54, 1.807) is 24.3 Å². The molecule has 11 heteroatoms. The van der Waals surface area contributed by atoms with Crippen molar-refractivity contribution >= 4 is 23.4 Å². The number of benzene rings is 1. The smallest absolute Gasteiger partial charge is 0.434 e. The van der Waals surface area contributed by atoms with Crippen LogP contribution in [-0.4, -0.2) is 52.0 Å². The minimum atomic E-state index is -4.90. The molecule has 0 atom stereocenters. The van der Waals surface area contributed by atoms with E-state index in [-0.39, 0.29) is 19.0 Å². The van der Waals surface area contributed by atoms with E-state index < -0.39 is 34.0 Å². The van der Waals surface area contributed by atoms with Gasteiger partial charge in [-0.25, -0.2) is 15.0 Å². The van der Waals surface area contributed by atoms with Gasteiger partial charge in [0.1, 0.15) is 5.75 Å². The van der Waals surface area contributed by atoms with E-state index >= 15 is 0 Å². The van der Waals surface area contributed by atoms with Gasteiger partial charge in [0.15, 0.2) is 5.69 Å². The zero-order valence-corrected chi connectivity index (χ0v) is 17.2. The van der Waals surface area contributed by atoms with Crippen molar-refractivity contribution in [1.29, 1.82) is 0 Å². The summed E-state index contributed by atoms with van der Waals surface area (Å²) in [5.74, 6) is -0.653. The van der Waals surface area contributed by atoms with Gasteiger partial charge in [-0.05, 0) is 48.6 Å². The number of alkyl halides is 3. The monoisotopic (exact) mass is 454 g/mol. The second-order valence-electron chi connectivity index (χ2n) is 7.42. The molecular weight excluding hydrogens is 437 g/mol. The highest BCUT2D eigenvalue weighted by molar-refractivity contribution is 6.28. The Kier molecular flexibility index (Phi) is 5.28. The summed E-state index contributed by atoms with van der Waals surface area (Å²) in [6, 6.07) is 7.08. The average molecular weight is 455 g/mol. The van der Waals surface area contributed by atoms with Crippen molar-refractivity contribution in [2.24, 2.45) is 0 Å². The van der Waals surface area contributed by atoms with Crippen molar-refractivity contribution in [3.8, 4) is 5.75 Å². The second kappa shape index (κ2) is 7.67. The molecule has 2 aromatic rings. The molecule has 1 aromatic heterocycles. The highest BCUT2D eigenvalue weighted by Gasteiger charge is 2.55. The summed E-state index contributed by atoms with van der Waals surface area (Å²) < 4.78 is 45.4. The fourth-order valence-corrected chi connectivity index (χ4v) is 3.95. The van der Waals surface area contributed by atoms with Gasteiger partial charge in [0.2, 0.25) is 5.28 Å². The number of methoxy groups -OCH3 is 1. The van der Waals surface area contributed by atoms with Crippen LogP contribution in [0.25, 0.3) is 0 Å². The molecule has 2 aliphatic rings. The Morgan fingerprint density at radius 3 is 2.35 bits per heavy atom. The number of amides is 2. The number of hydrogen-bond acceptors (Lipinski definition) is 5. The molecule has 1 saturated heterocycles. The minimum Gasteiger partial charge on any atom is -0.497 e. The summed E-state index contributed by atoms with van der Waals surface area (Å²) in [5, 5.41) is 1.68. The molecule has 164 valence electrons. The average Bonchev–Trinajstić information content (AvgIpc) is 3.41. The number of carbonyl (C=O) groups excluding carboxylic acids is 2. The van der Waals surface area contributed by atoms with E-state index in [9.17, 15) is 22.8 Å². The Balaban J connectivity index is 1.63. The van der Waals surface area contributed by atoms with E-state index in [1.807, 2.05) is 0 Å². The van der Waals surface area contributed by atoms with Gasteiger partial charge in [-0.2, -0.15) is 13.2 Å². The Bertz CT molecular complexity index is 1030.